The van der Waals surface area contributed by atoms with E-state index in [0.717, 1.165) is 18.7 Å². The minimum atomic E-state index is 0.525. The first-order valence-corrected chi connectivity index (χ1v) is 8.36. The highest BCUT2D eigenvalue weighted by atomic mass is 15.1. The Morgan fingerprint density at radius 1 is 0.920 bits per heavy atom. The summed E-state index contributed by atoms with van der Waals surface area (Å²) < 4.78 is 0. The minimum absolute atomic E-state index is 0.525. The number of nitrogens with two attached hydrogens (primary N) is 1. The SMILES string of the molecule is Cc1cccc(Nc2ncnc(NCCc3ccccc3)c2N)c1C. The zero-order chi connectivity index (χ0) is 17.6. The normalized spacial score (nSPS) is 10.5. The number of nitrogens with one attached hydrogen (secondary N) is 2. The predicted octanol–water partition coefficient (Wildman–Crippen LogP) is 4.07. The summed E-state index contributed by atoms with van der Waals surface area (Å²) in [5, 5.41) is 6.61. The fourth-order valence-electron chi connectivity index (χ4n) is 2.62. The third kappa shape index (κ3) is 4.07. The molecule has 2 aromatic carbocycles. The number of anilines is 4. The number of aryl methyl sites for hydroxylation is 1. The van der Waals surface area contributed by atoms with Gasteiger partial charge in [0.1, 0.15) is 12.0 Å². The van der Waals surface area contributed by atoms with Gasteiger partial charge in [0.2, 0.25) is 0 Å². The highest BCUT2D eigenvalue weighted by molar-refractivity contribution is 5.78. The zero-order valence-electron chi connectivity index (χ0n) is 14.6. The Kier molecular flexibility index (Phi) is 5.14. The van der Waals surface area contributed by atoms with Crippen molar-refractivity contribution in [3.05, 3.63) is 71.5 Å². The van der Waals surface area contributed by atoms with Crippen LogP contribution in [0.1, 0.15) is 16.7 Å². The predicted molar refractivity (Wildman–Crippen MR) is 104 cm³/mol. The Balaban J connectivity index is 1.70. The second-order valence-corrected chi connectivity index (χ2v) is 6.02. The largest absolute Gasteiger partial charge is 0.393 e. The molecule has 3 rings (SSSR count). The summed E-state index contributed by atoms with van der Waals surface area (Å²) in [4.78, 5) is 8.55. The van der Waals surface area contributed by atoms with Crippen LogP contribution in [-0.2, 0) is 6.42 Å². The number of nitrogen functional groups attached to an aromatic ring is 1. The molecule has 0 bridgehead atoms. The fourth-order valence-corrected chi connectivity index (χ4v) is 2.62. The van der Waals surface area contributed by atoms with Crippen molar-refractivity contribution < 1.29 is 0 Å². The first kappa shape index (κ1) is 16.8. The van der Waals surface area contributed by atoms with Gasteiger partial charge in [-0.2, -0.15) is 0 Å². The van der Waals surface area contributed by atoms with Crippen LogP contribution in [0.2, 0.25) is 0 Å². The standard InChI is InChI=1S/C20H23N5/c1-14-7-6-10-17(15(14)2)25-20-18(21)19(23-13-24-20)22-12-11-16-8-4-3-5-9-16/h3-10,13H,11-12,21H2,1-2H3,(H2,22,23,24,25). The van der Waals surface area contributed by atoms with Crippen molar-refractivity contribution in [1.29, 1.82) is 0 Å². The lowest BCUT2D eigenvalue weighted by atomic mass is 10.1. The maximum atomic E-state index is 6.25. The molecule has 0 radical (unpaired) electrons. The van der Waals surface area contributed by atoms with E-state index in [1.165, 1.54) is 23.0 Å². The van der Waals surface area contributed by atoms with E-state index in [1.807, 2.05) is 30.3 Å². The van der Waals surface area contributed by atoms with Crippen LogP contribution in [0.5, 0.6) is 0 Å². The van der Waals surface area contributed by atoms with Gasteiger partial charge in [0, 0.05) is 12.2 Å². The molecular formula is C20H23N5. The van der Waals surface area contributed by atoms with E-state index < -0.39 is 0 Å². The molecule has 1 heterocycles. The van der Waals surface area contributed by atoms with Crippen molar-refractivity contribution in [2.75, 3.05) is 22.9 Å². The lowest BCUT2D eigenvalue weighted by Gasteiger charge is -2.14. The van der Waals surface area contributed by atoms with E-state index in [0.29, 0.717) is 17.3 Å². The van der Waals surface area contributed by atoms with E-state index in [9.17, 15) is 0 Å². The highest BCUT2D eigenvalue weighted by Crippen LogP contribution is 2.28. The second kappa shape index (κ2) is 7.66. The van der Waals surface area contributed by atoms with Crippen LogP contribution in [0.25, 0.3) is 0 Å². The Morgan fingerprint density at radius 3 is 2.48 bits per heavy atom. The third-order valence-electron chi connectivity index (χ3n) is 4.29. The van der Waals surface area contributed by atoms with Crippen LogP contribution >= 0.6 is 0 Å². The summed E-state index contributed by atoms with van der Waals surface area (Å²) in [6.45, 7) is 4.92. The van der Waals surface area contributed by atoms with Crippen molar-refractivity contribution in [2.24, 2.45) is 0 Å². The summed E-state index contributed by atoms with van der Waals surface area (Å²) in [6.07, 6.45) is 2.43. The molecule has 0 amide bonds. The average Bonchev–Trinajstić information content (AvgIpc) is 2.63. The molecular weight excluding hydrogens is 310 g/mol. The number of hydrogen-bond acceptors (Lipinski definition) is 5. The van der Waals surface area contributed by atoms with Gasteiger partial charge in [-0.15, -0.1) is 0 Å². The molecule has 0 spiro atoms. The molecule has 5 nitrogen and oxygen atoms in total. The van der Waals surface area contributed by atoms with Gasteiger partial charge in [-0.1, -0.05) is 42.5 Å². The average molecular weight is 333 g/mol. The van der Waals surface area contributed by atoms with Gasteiger partial charge >= 0.3 is 0 Å². The summed E-state index contributed by atoms with van der Waals surface area (Å²) in [5.41, 5.74) is 11.4. The quantitative estimate of drug-likeness (QED) is 0.634. The molecule has 128 valence electrons. The topological polar surface area (TPSA) is 75.9 Å². The van der Waals surface area contributed by atoms with Crippen LogP contribution in [-0.4, -0.2) is 16.5 Å². The monoisotopic (exact) mass is 333 g/mol. The Hall–Kier alpha value is -3.08. The molecule has 4 N–H and O–H groups in total. The van der Waals surface area contributed by atoms with Crippen molar-refractivity contribution in [2.45, 2.75) is 20.3 Å². The van der Waals surface area contributed by atoms with Gasteiger partial charge in [0.25, 0.3) is 0 Å². The maximum Gasteiger partial charge on any atom is 0.159 e. The maximum absolute atomic E-state index is 6.25. The van der Waals surface area contributed by atoms with E-state index >= 15 is 0 Å². The summed E-state index contributed by atoms with van der Waals surface area (Å²) in [6, 6.07) is 16.4. The lowest BCUT2D eigenvalue weighted by molar-refractivity contribution is 1.00. The fraction of sp³-hybridized carbons (Fsp3) is 0.200. The van der Waals surface area contributed by atoms with E-state index in [4.69, 9.17) is 5.73 Å². The molecule has 0 aliphatic carbocycles. The van der Waals surface area contributed by atoms with Crippen LogP contribution < -0.4 is 16.4 Å². The molecule has 0 unspecified atom stereocenters. The molecule has 25 heavy (non-hydrogen) atoms. The van der Waals surface area contributed by atoms with E-state index in [-0.39, 0.29) is 0 Å². The first-order chi connectivity index (χ1) is 12.1. The van der Waals surface area contributed by atoms with Gasteiger partial charge in [0.15, 0.2) is 11.6 Å². The summed E-state index contributed by atoms with van der Waals surface area (Å²) in [5.74, 6) is 1.27. The number of nitrogens with zero attached hydrogens (tertiary/aromatic N) is 2. The molecule has 5 heteroatoms. The van der Waals surface area contributed by atoms with Crippen molar-refractivity contribution in [1.82, 2.24) is 9.97 Å². The number of benzene rings is 2. The third-order valence-corrected chi connectivity index (χ3v) is 4.29. The Bertz CT molecular complexity index is 846. The number of aromatic nitrogens is 2. The number of hydrogen-bond donors (Lipinski definition) is 3. The van der Waals surface area contributed by atoms with Gasteiger partial charge in [-0.25, -0.2) is 9.97 Å². The molecule has 0 saturated heterocycles. The van der Waals surface area contributed by atoms with Gasteiger partial charge < -0.3 is 16.4 Å². The minimum Gasteiger partial charge on any atom is -0.393 e. The molecule has 1 aromatic heterocycles. The highest BCUT2D eigenvalue weighted by Gasteiger charge is 2.09. The molecule has 0 aliphatic heterocycles. The van der Waals surface area contributed by atoms with Gasteiger partial charge in [-0.05, 0) is 43.0 Å². The summed E-state index contributed by atoms with van der Waals surface area (Å²) >= 11 is 0. The molecule has 0 fully saturated rings. The van der Waals surface area contributed by atoms with Crippen LogP contribution in [0.3, 0.4) is 0 Å². The second-order valence-electron chi connectivity index (χ2n) is 6.02. The molecule has 0 saturated carbocycles. The first-order valence-electron chi connectivity index (χ1n) is 8.36. The van der Waals surface area contributed by atoms with Crippen LogP contribution in [0, 0.1) is 13.8 Å². The van der Waals surface area contributed by atoms with Crippen LogP contribution in [0.4, 0.5) is 23.0 Å². The van der Waals surface area contributed by atoms with E-state index in [1.54, 1.807) is 0 Å². The number of rotatable bonds is 6. The van der Waals surface area contributed by atoms with Crippen molar-refractivity contribution in [3.8, 4) is 0 Å². The Morgan fingerprint density at radius 2 is 1.68 bits per heavy atom. The van der Waals surface area contributed by atoms with Crippen molar-refractivity contribution >= 4 is 23.0 Å². The molecule has 3 aromatic rings. The van der Waals surface area contributed by atoms with Gasteiger partial charge in [-0.3, -0.25) is 0 Å². The van der Waals surface area contributed by atoms with E-state index in [2.05, 4.69) is 52.6 Å². The molecule has 0 atom stereocenters. The zero-order valence-corrected chi connectivity index (χ0v) is 14.6. The smallest absolute Gasteiger partial charge is 0.159 e. The van der Waals surface area contributed by atoms with Crippen molar-refractivity contribution in [3.63, 3.8) is 0 Å². The summed E-state index contributed by atoms with van der Waals surface area (Å²) in [7, 11) is 0. The lowest BCUT2D eigenvalue weighted by Crippen LogP contribution is -2.11. The Labute approximate surface area is 148 Å². The van der Waals surface area contributed by atoms with Crippen LogP contribution in [0.15, 0.2) is 54.9 Å². The van der Waals surface area contributed by atoms with Gasteiger partial charge in [0.05, 0.1) is 0 Å². The molecule has 0 aliphatic rings.